The molecule has 0 N–H and O–H groups in total. The molecule has 1 saturated carbocycles. The maximum atomic E-state index is 4.87. The molecule has 0 radical (unpaired) electrons. The zero-order valence-electron chi connectivity index (χ0n) is 13.2. The SMILES string of the molecule is Cc1sc2ncnc(N=C3CCC(N(C)C)CC3)c2c1C. The maximum Gasteiger partial charge on any atom is 0.164 e. The van der Waals surface area contributed by atoms with Crippen LogP contribution in [0.2, 0.25) is 0 Å². The van der Waals surface area contributed by atoms with E-state index < -0.39 is 0 Å². The Labute approximate surface area is 129 Å². The number of aliphatic imine (C=N–C) groups is 1. The first-order valence-electron chi connectivity index (χ1n) is 7.50. The quantitative estimate of drug-likeness (QED) is 0.845. The van der Waals surface area contributed by atoms with Crippen molar-refractivity contribution in [3.05, 3.63) is 16.8 Å². The number of aromatic nitrogens is 2. The van der Waals surface area contributed by atoms with Crippen LogP contribution in [0.25, 0.3) is 10.2 Å². The molecule has 3 rings (SSSR count). The first-order chi connectivity index (χ1) is 10.1. The van der Waals surface area contributed by atoms with Crippen molar-refractivity contribution < 1.29 is 0 Å². The fourth-order valence-electron chi connectivity index (χ4n) is 2.96. The van der Waals surface area contributed by atoms with Gasteiger partial charge in [0.15, 0.2) is 5.82 Å². The van der Waals surface area contributed by atoms with Gasteiger partial charge < -0.3 is 4.90 Å². The molecule has 0 bridgehead atoms. The van der Waals surface area contributed by atoms with Crippen LogP contribution in [0.5, 0.6) is 0 Å². The molecule has 0 spiro atoms. The van der Waals surface area contributed by atoms with Crippen molar-refractivity contribution in [3.8, 4) is 0 Å². The predicted molar refractivity (Wildman–Crippen MR) is 89.9 cm³/mol. The van der Waals surface area contributed by atoms with Crippen LogP contribution in [-0.4, -0.2) is 40.7 Å². The van der Waals surface area contributed by atoms with Gasteiger partial charge in [0.1, 0.15) is 11.2 Å². The number of fused-ring (bicyclic) bond motifs is 1. The lowest BCUT2D eigenvalue weighted by Gasteiger charge is -2.28. The van der Waals surface area contributed by atoms with Gasteiger partial charge in [-0.3, -0.25) is 0 Å². The van der Waals surface area contributed by atoms with Gasteiger partial charge in [0, 0.05) is 16.6 Å². The Hall–Kier alpha value is -1.33. The van der Waals surface area contributed by atoms with E-state index in [9.17, 15) is 0 Å². The van der Waals surface area contributed by atoms with Gasteiger partial charge in [-0.25, -0.2) is 15.0 Å². The van der Waals surface area contributed by atoms with E-state index >= 15 is 0 Å². The summed E-state index contributed by atoms with van der Waals surface area (Å²) in [5.74, 6) is 0.861. The summed E-state index contributed by atoms with van der Waals surface area (Å²) in [5, 5.41) is 1.14. The Morgan fingerprint density at radius 2 is 1.90 bits per heavy atom. The molecule has 1 aliphatic carbocycles. The third kappa shape index (κ3) is 2.85. The highest BCUT2D eigenvalue weighted by atomic mass is 32.1. The Morgan fingerprint density at radius 3 is 2.57 bits per heavy atom. The highest BCUT2D eigenvalue weighted by Gasteiger charge is 2.20. The number of thiophene rings is 1. The lowest BCUT2D eigenvalue weighted by molar-refractivity contribution is 0.260. The summed E-state index contributed by atoms with van der Waals surface area (Å²) in [6, 6.07) is 0.694. The van der Waals surface area contributed by atoms with Gasteiger partial charge in [-0.1, -0.05) is 0 Å². The molecular formula is C16H22N4S. The van der Waals surface area contributed by atoms with Crippen molar-refractivity contribution in [1.82, 2.24) is 14.9 Å². The topological polar surface area (TPSA) is 41.4 Å². The van der Waals surface area contributed by atoms with Crippen LogP contribution < -0.4 is 0 Å². The third-order valence-corrected chi connectivity index (χ3v) is 5.59. The molecule has 21 heavy (non-hydrogen) atoms. The summed E-state index contributed by atoms with van der Waals surface area (Å²) in [5.41, 5.74) is 2.56. The molecule has 2 heterocycles. The molecule has 1 aliphatic rings. The highest BCUT2D eigenvalue weighted by Crippen LogP contribution is 2.34. The number of rotatable bonds is 2. The fraction of sp³-hybridized carbons (Fsp3) is 0.562. The standard InChI is InChI=1S/C16H22N4S/c1-10-11(2)21-16-14(10)15(17-9-18-16)19-12-5-7-13(8-6-12)20(3)4/h9,13H,5-8H2,1-4H3. The molecule has 0 aliphatic heterocycles. The Kier molecular flexibility index (Phi) is 4.04. The molecule has 0 aromatic carbocycles. The molecular weight excluding hydrogens is 280 g/mol. The molecule has 1 fully saturated rings. The Morgan fingerprint density at radius 1 is 1.19 bits per heavy atom. The van der Waals surface area contributed by atoms with Crippen LogP contribution in [0, 0.1) is 13.8 Å². The van der Waals surface area contributed by atoms with Gasteiger partial charge in [-0.2, -0.15) is 0 Å². The molecule has 2 aromatic rings. The average Bonchev–Trinajstić information content (AvgIpc) is 2.76. The van der Waals surface area contributed by atoms with Gasteiger partial charge in [0.2, 0.25) is 0 Å². The van der Waals surface area contributed by atoms with E-state index in [1.165, 1.54) is 29.0 Å². The number of nitrogens with zero attached hydrogens (tertiary/aromatic N) is 4. The molecule has 0 saturated heterocycles. The van der Waals surface area contributed by atoms with Crippen LogP contribution in [0.4, 0.5) is 5.82 Å². The smallest absolute Gasteiger partial charge is 0.164 e. The Balaban J connectivity index is 1.90. The van der Waals surface area contributed by atoms with Gasteiger partial charge in [0.05, 0.1) is 5.39 Å². The first-order valence-corrected chi connectivity index (χ1v) is 8.31. The van der Waals surface area contributed by atoms with E-state index in [1.54, 1.807) is 17.7 Å². The lowest BCUT2D eigenvalue weighted by atomic mass is 9.93. The summed E-state index contributed by atoms with van der Waals surface area (Å²) in [6.45, 7) is 4.28. The van der Waals surface area contributed by atoms with Crippen molar-refractivity contribution in [3.63, 3.8) is 0 Å². The van der Waals surface area contributed by atoms with E-state index in [4.69, 9.17) is 4.99 Å². The second-order valence-corrected chi connectivity index (χ2v) is 7.24. The van der Waals surface area contributed by atoms with Gasteiger partial charge in [0.25, 0.3) is 0 Å². The third-order valence-electron chi connectivity index (χ3n) is 4.47. The zero-order valence-corrected chi connectivity index (χ0v) is 14.0. The zero-order chi connectivity index (χ0) is 15.0. The minimum absolute atomic E-state index is 0.694. The van der Waals surface area contributed by atoms with E-state index in [0.717, 1.165) is 28.9 Å². The van der Waals surface area contributed by atoms with Crippen LogP contribution in [-0.2, 0) is 0 Å². The fourth-order valence-corrected chi connectivity index (χ4v) is 3.95. The largest absolute Gasteiger partial charge is 0.306 e. The summed E-state index contributed by atoms with van der Waals surface area (Å²) >= 11 is 1.73. The van der Waals surface area contributed by atoms with Gasteiger partial charge in [-0.05, 0) is 59.2 Å². The van der Waals surface area contributed by atoms with Crippen molar-refractivity contribution in [2.24, 2.45) is 4.99 Å². The number of aryl methyl sites for hydroxylation is 2. The number of hydrogen-bond donors (Lipinski definition) is 0. The van der Waals surface area contributed by atoms with Gasteiger partial charge in [-0.15, -0.1) is 11.3 Å². The van der Waals surface area contributed by atoms with Crippen molar-refractivity contribution in [2.45, 2.75) is 45.6 Å². The summed E-state index contributed by atoms with van der Waals surface area (Å²) in [6.07, 6.45) is 6.19. The van der Waals surface area contributed by atoms with Crippen LogP contribution >= 0.6 is 11.3 Å². The summed E-state index contributed by atoms with van der Waals surface area (Å²) in [4.78, 5) is 18.4. The molecule has 0 unspecified atom stereocenters. The predicted octanol–water partition coefficient (Wildman–Crippen LogP) is 3.88. The summed E-state index contributed by atoms with van der Waals surface area (Å²) < 4.78 is 0. The van der Waals surface area contributed by atoms with E-state index in [0.29, 0.717) is 6.04 Å². The normalized spacial score (nSPS) is 19.5. The molecule has 4 nitrogen and oxygen atoms in total. The molecule has 2 aromatic heterocycles. The molecule has 112 valence electrons. The lowest BCUT2D eigenvalue weighted by Crippen LogP contribution is -2.32. The van der Waals surface area contributed by atoms with Crippen LogP contribution in [0.15, 0.2) is 11.3 Å². The van der Waals surface area contributed by atoms with E-state index in [1.807, 2.05) is 0 Å². The van der Waals surface area contributed by atoms with Crippen molar-refractivity contribution >= 4 is 33.1 Å². The van der Waals surface area contributed by atoms with E-state index in [-0.39, 0.29) is 0 Å². The minimum atomic E-state index is 0.694. The molecule has 0 atom stereocenters. The van der Waals surface area contributed by atoms with Crippen LogP contribution in [0.3, 0.4) is 0 Å². The minimum Gasteiger partial charge on any atom is -0.306 e. The second-order valence-electron chi connectivity index (χ2n) is 6.03. The number of hydrogen-bond acceptors (Lipinski definition) is 5. The Bertz CT molecular complexity index is 677. The second kappa shape index (κ2) is 5.81. The molecule has 5 heteroatoms. The van der Waals surface area contributed by atoms with E-state index in [2.05, 4.69) is 42.8 Å². The van der Waals surface area contributed by atoms with Crippen molar-refractivity contribution in [1.29, 1.82) is 0 Å². The average molecular weight is 302 g/mol. The first kappa shape index (κ1) is 14.6. The maximum absolute atomic E-state index is 4.87. The highest BCUT2D eigenvalue weighted by molar-refractivity contribution is 7.18. The monoisotopic (exact) mass is 302 g/mol. The van der Waals surface area contributed by atoms with Crippen LogP contribution in [0.1, 0.15) is 36.1 Å². The summed E-state index contributed by atoms with van der Waals surface area (Å²) in [7, 11) is 4.33. The van der Waals surface area contributed by atoms with Gasteiger partial charge >= 0.3 is 0 Å². The molecule has 0 amide bonds. The van der Waals surface area contributed by atoms with Crippen molar-refractivity contribution in [2.75, 3.05) is 14.1 Å².